The number of benzene rings is 1. The molecule has 2 unspecified atom stereocenters. The van der Waals surface area contributed by atoms with Gasteiger partial charge < -0.3 is 15.7 Å². The van der Waals surface area contributed by atoms with Gasteiger partial charge in [0.05, 0.1) is 0 Å². The Morgan fingerprint density at radius 1 is 1.12 bits per heavy atom. The molecule has 24 heavy (non-hydrogen) atoms. The number of unbranched alkanes of at least 4 members (excludes halogenated alkanes) is 2. The number of rotatable bonds is 9. The predicted octanol–water partition coefficient (Wildman–Crippen LogP) is 2.66. The van der Waals surface area contributed by atoms with Gasteiger partial charge in [0, 0.05) is 30.1 Å². The van der Waals surface area contributed by atoms with E-state index in [1.165, 1.54) is 0 Å². The van der Waals surface area contributed by atoms with E-state index in [0.717, 1.165) is 19.3 Å². The van der Waals surface area contributed by atoms with Crippen molar-refractivity contribution in [2.24, 2.45) is 11.8 Å². The fourth-order valence-electron chi connectivity index (χ4n) is 2.51. The third kappa shape index (κ3) is 5.68. The Balaban J connectivity index is 1.69. The minimum Gasteiger partial charge on any atom is -0.481 e. The average molecular weight is 332 g/mol. The number of aliphatic carboxylic acids is 1. The highest BCUT2D eigenvalue weighted by molar-refractivity contribution is 5.96. The van der Waals surface area contributed by atoms with Gasteiger partial charge in [0.1, 0.15) is 0 Å². The van der Waals surface area contributed by atoms with E-state index in [2.05, 4.69) is 17.6 Å². The van der Waals surface area contributed by atoms with E-state index in [1.807, 2.05) is 0 Å². The third-order valence-electron chi connectivity index (χ3n) is 4.21. The van der Waals surface area contributed by atoms with Crippen LogP contribution in [0.1, 0.15) is 49.4 Å². The standard InChI is InChI=1S/C18H24N2O4/c1-12-11-15(12)18(24)20-14-8-6-13(7-9-14)17(23)19-10-4-2-3-5-16(21)22/h6-9,12,15H,2-5,10-11H2,1H3,(H,19,23)(H,20,24)(H,21,22). The second-order valence-corrected chi connectivity index (χ2v) is 6.35. The molecule has 1 aromatic rings. The quantitative estimate of drug-likeness (QED) is 0.606. The zero-order valence-electron chi connectivity index (χ0n) is 13.9. The highest BCUT2D eigenvalue weighted by Crippen LogP contribution is 2.38. The van der Waals surface area contributed by atoms with Crippen molar-refractivity contribution >= 4 is 23.5 Å². The van der Waals surface area contributed by atoms with Crippen molar-refractivity contribution in [3.63, 3.8) is 0 Å². The van der Waals surface area contributed by atoms with Gasteiger partial charge in [-0.25, -0.2) is 0 Å². The van der Waals surface area contributed by atoms with E-state index in [1.54, 1.807) is 24.3 Å². The Morgan fingerprint density at radius 2 is 1.79 bits per heavy atom. The fraction of sp³-hybridized carbons (Fsp3) is 0.500. The van der Waals surface area contributed by atoms with E-state index < -0.39 is 5.97 Å². The van der Waals surface area contributed by atoms with Gasteiger partial charge in [0.25, 0.3) is 5.91 Å². The molecule has 2 atom stereocenters. The molecule has 1 aliphatic rings. The topological polar surface area (TPSA) is 95.5 Å². The molecule has 130 valence electrons. The van der Waals surface area contributed by atoms with Crippen LogP contribution in [0, 0.1) is 11.8 Å². The highest BCUT2D eigenvalue weighted by atomic mass is 16.4. The molecule has 6 heteroatoms. The lowest BCUT2D eigenvalue weighted by Gasteiger charge is -2.07. The Hall–Kier alpha value is -2.37. The number of carboxylic acids is 1. The first-order valence-electron chi connectivity index (χ1n) is 8.38. The number of carbonyl (C=O) groups excluding carboxylic acids is 2. The Labute approximate surface area is 141 Å². The van der Waals surface area contributed by atoms with Crippen molar-refractivity contribution in [2.45, 2.75) is 39.0 Å². The van der Waals surface area contributed by atoms with Crippen LogP contribution < -0.4 is 10.6 Å². The number of nitrogens with one attached hydrogen (secondary N) is 2. The van der Waals surface area contributed by atoms with Crippen molar-refractivity contribution in [1.29, 1.82) is 0 Å². The first-order valence-corrected chi connectivity index (χ1v) is 8.38. The van der Waals surface area contributed by atoms with Crippen LogP contribution >= 0.6 is 0 Å². The summed E-state index contributed by atoms with van der Waals surface area (Å²) in [5.74, 6) is -0.329. The summed E-state index contributed by atoms with van der Waals surface area (Å²) in [6.07, 6.45) is 3.27. The second-order valence-electron chi connectivity index (χ2n) is 6.35. The van der Waals surface area contributed by atoms with Crippen LogP contribution in [0.4, 0.5) is 5.69 Å². The number of hydrogen-bond acceptors (Lipinski definition) is 3. The molecule has 1 aliphatic carbocycles. The van der Waals surface area contributed by atoms with Gasteiger partial charge in [-0.1, -0.05) is 13.3 Å². The van der Waals surface area contributed by atoms with E-state index in [0.29, 0.717) is 30.1 Å². The highest BCUT2D eigenvalue weighted by Gasteiger charge is 2.39. The van der Waals surface area contributed by atoms with Crippen LogP contribution in [0.3, 0.4) is 0 Å². The Morgan fingerprint density at radius 3 is 2.38 bits per heavy atom. The molecular formula is C18H24N2O4. The summed E-state index contributed by atoms with van der Waals surface area (Å²) in [5.41, 5.74) is 1.24. The summed E-state index contributed by atoms with van der Waals surface area (Å²) in [7, 11) is 0. The van der Waals surface area contributed by atoms with Crippen molar-refractivity contribution in [3.8, 4) is 0 Å². The van der Waals surface area contributed by atoms with E-state index in [4.69, 9.17) is 5.11 Å². The third-order valence-corrected chi connectivity index (χ3v) is 4.21. The lowest BCUT2D eigenvalue weighted by Crippen LogP contribution is -2.24. The SMILES string of the molecule is CC1CC1C(=O)Nc1ccc(C(=O)NCCCCCC(=O)O)cc1. The maximum absolute atomic E-state index is 12.0. The number of hydrogen-bond donors (Lipinski definition) is 3. The maximum atomic E-state index is 12.0. The molecule has 1 fully saturated rings. The number of anilines is 1. The fourth-order valence-corrected chi connectivity index (χ4v) is 2.51. The summed E-state index contributed by atoms with van der Waals surface area (Å²) in [4.78, 5) is 34.2. The van der Waals surface area contributed by atoms with Gasteiger partial charge >= 0.3 is 5.97 Å². The molecule has 0 heterocycles. The van der Waals surface area contributed by atoms with Gasteiger partial charge in [-0.15, -0.1) is 0 Å². The molecule has 0 aromatic heterocycles. The van der Waals surface area contributed by atoms with Crippen LogP contribution in [0.2, 0.25) is 0 Å². The van der Waals surface area contributed by atoms with Gasteiger partial charge in [0.2, 0.25) is 5.91 Å². The van der Waals surface area contributed by atoms with E-state index in [-0.39, 0.29) is 24.2 Å². The van der Waals surface area contributed by atoms with Crippen LogP contribution in [-0.2, 0) is 9.59 Å². The van der Waals surface area contributed by atoms with Gasteiger partial charge in [-0.05, 0) is 49.4 Å². The molecule has 1 saturated carbocycles. The zero-order valence-corrected chi connectivity index (χ0v) is 13.9. The van der Waals surface area contributed by atoms with Crippen LogP contribution in [0.5, 0.6) is 0 Å². The predicted molar refractivity (Wildman–Crippen MR) is 90.8 cm³/mol. The van der Waals surface area contributed by atoms with Crippen LogP contribution in [0.25, 0.3) is 0 Å². The number of amides is 2. The average Bonchev–Trinajstić information content (AvgIpc) is 3.28. The molecule has 2 rings (SSSR count). The first kappa shape index (κ1) is 18.0. The van der Waals surface area contributed by atoms with Crippen LogP contribution in [-0.4, -0.2) is 29.4 Å². The summed E-state index contributed by atoms with van der Waals surface area (Å²) in [5, 5.41) is 14.2. The number of carboxylic acid groups (broad SMARTS) is 1. The molecule has 6 nitrogen and oxygen atoms in total. The lowest BCUT2D eigenvalue weighted by molar-refractivity contribution is -0.137. The molecule has 2 amide bonds. The van der Waals surface area contributed by atoms with E-state index in [9.17, 15) is 14.4 Å². The summed E-state index contributed by atoms with van der Waals surface area (Å²) in [6, 6.07) is 6.83. The van der Waals surface area contributed by atoms with Crippen molar-refractivity contribution in [3.05, 3.63) is 29.8 Å². The molecule has 0 spiro atoms. The van der Waals surface area contributed by atoms with Gasteiger partial charge in [-0.2, -0.15) is 0 Å². The summed E-state index contributed by atoms with van der Waals surface area (Å²) in [6.45, 7) is 2.58. The number of carbonyl (C=O) groups is 3. The Bertz CT molecular complexity index is 598. The Kier molecular flexibility index (Phi) is 6.35. The summed E-state index contributed by atoms with van der Waals surface area (Å²) < 4.78 is 0. The first-order chi connectivity index (χ1) is 11.5. The van der Waals surface area contributed by atoms with E-state index >= 15 is 0 Å². The minimum atomic E-state index is -0.789. The van der Waals surface area contributed by atoms with Crippen molar-refractivity contribution in [2.75, 3.05) is 11.9 Å². The summed E-state index contributed by atoms with van der Waals surface area (Å²) >= 11 is 0. The largest absolute Gasteiger partial charge is 0.481 e. The molecule has 1 aromatic carbocycles. The van der Waals surface area contributed by atoms with Crippen molar-refractivity contribution < 1.29 is 19.5 Å². The normalized spacial score (nSPS) is 18.7. The molecule has 0 saturated heterocycles. The smallest absolute Gasteiger partial charge is 0.303 e. The monoisotopic (exact) mass is 332 g/mol. The molecule has 0 radical (unpaired) electrons. The minimum absolute atomic E-state index is 0.0427. The maximum Gasteiger partial charge on any atom is 0.303 e. The zero-order chi connectivity index (χ0) is 17.5. The molecule has 3 N–H and O–H groups in total. The molecule has 0 bridgehead atoms. The second kappa shape index (κ2) is 8.47. The molecular weight excluding hydrogens is 308 g/mol. The van der Waals surface area contributed by atoms with Gasteiger partial charge in [0.15, 0.2) is 0 Å². The van der Waals surface area contributed by atoms with Crippen molar-refractivity contribution in [1.82, 2.24) is 5.32 Å². The lowest BCUT2D eigenvalue weighted by atomic mass is 10.1. The molecule has 0 aliphatic heterocycles. The van der Waals surface area contributed by atoms with Crippen LogP contribution in [0.15, 0.2) is 24.3 Å². The van der Waals surface area contributed by atoms with Gasteiger partial charge in [-0.3, -0.25) is 14.4 Å².